The molecule has 0 unspecified atom stereocenters. The standard InChI is InChI=1S/C13H17NO3/c1-10-3-5-11(6-4-10)12-9-14(7-8-17-12)13(15)16-2/h3-6,12H,7-9H2,1-2H3/t12-/m1/s1. The molecule has 1 aromatic carbocycles. The van der Waals surface area contributed by atoms with Crippen molar-refractivity contribution in [1.82, 2.24) is 4.90 Å². The Bertz CT molecular complexity index is 388. The normalized spacial score (nSPS) is 20.1. The molecule has 0 N–H and O–H groups in total. The Kier molecular flexibility index (Phi) is 3.64. The number of ether oxygens (including phenoxy) is 2. The summed E-state index contributed by atoms with van der Waals surface area (Å²) in [4.78, 5) is 13.1. The summed E-state index contributed by atoms with van der Waals surface area (Å²) >= 11 is 0. The van der Waals surface area contributed by atoms with Crippen molar-refractivity contribution in [2.24, 2.45) is 0 Å². The minimum absolute atomic E-state index is 0.0524. The third-order valence-electron chi connectivity index (χ3n) is 2.95. The minimum Gasteiger partial charge on any atom is -0.453 e. The fraction of sp³-hybridized carbons (Fsp3) is 0.462. The molecule has 92 valence electrons. The van der Waals surface area contributed by atoms with E-state index < -0.39 is 0 Å². The first kappa shape index (κ1) is 11.9. The fourth-order valence-corrected chi connectivity index (χ4v) is 1.93. The second-order valence-corrected chi connectivity index (χ2v) is 4.19. The van der Waals surface area contributed by atoms with Gasteiger partial charge in [0, 0.05) is 6.54 Å². The number of methoxy groups -OCH3 is 1. The zero-order chi connectivity index (χ0) is 12.3. The van der Waals surface area contributed by atoms with E-state index in [0.29, 0.717) is 19.7 Å². The predicted molar refractivity (Wildman–Crippen MR) is 63.9 cm³/mol. The summed E-state index contributed by atoms with van der Waals surface area (Å²) < 4.78 is 10.4. The Labute approximate surface area is 101 Å². The SMILES string of the molecule is COC(=O)N1CCO[C@@H](c2ccc(C)cc2)C1. The van der Waals surface area contributed by atoms with Crippen LogP contribution < -0.4 is 0 Å². The highest BCUT2D eigenvalue weighted by Crippen LogP contribution is 2.22. The molecule has 0 bridgehead atoms. The fourth-order valence-electron chi connectivity index (χ4n) is 1.93. The molecular weight excluding hydrogens is 218 g/mol. The van der Waals surface area contributed by atoms with E-state index in [-0.39, 0.29) is 12.2 Å². The Balaban J connectivity index is 2.06. The summed E-state index contributed by atoms with van der Waals surface area (Å²) in [5, 5.41) is 0. The molecule has 1 fully saturated rings. The summed E-state index contributed by atoms with van der Waals surface area (Å²) in [5.41, 5.74) is 2.32. The highest BCUT2D eigenvalue weighted by Gasteiger charge is 2.25. The molecule has 1 aromatic rings. The first-order chi connectivity index (χ1) is 8.20. The molecule has 0 aliphatic carbocycles. The number of aryl methyl sites for hydroxylation is 1. The van der Waals surface area contributed by atoms with Crippen LogP contribution in [0.15, 0.2) is 24.3 Å². The first-order valence-corrected chi connectivity index (χ1v) is 5.72. The average molecular weight is 235 g/mol. The lowest BCUT2D eigenvalue weighted by Gasteiger charge is -2.32. The van der Waals surface area contributed by atoms with Gasteiger partial charge in [0.25, 0.3) is 0 Å². The zero-order valence-electron chi connectivity index (χ0n) is 10.2. The molecule has 1 amide bonds. The minimum atomic E-state index is -0.287. The van der Waals surface area contributed by atoms with E-state index in [9.17, 15) is 4.79 Å². The number of nitrogens with zero attached hydrogens (tertiary/aromatic N) is 1. The lowest BCUT2D eigenvalue weighted by atomic mass is 10.1. The molecular formula is C13H17NO3. The molecule has 1 atom stereocenters. The van der Waals surface area contributed by atoms with E-state index in [1.165, 1.54) is 12.7 Å². The van der Waals surface area contributed by atoms with Crippen LogP contribution in [0, 0.1) is 6.92 Å². The lowest BCUT2D eigenvalue weighted by Crippen LogP contribution is -2.42. The Morgan fingerprint density at radius 2 is 2.12 bits per heavy atom. The largest absolute Gasteiger partial charge is 0.453 e. The van der Waals surface area contributed by atoms with E-state index >= 15 is 0 Å². The summed E-state index contributed by atoms with van der Waals surface area (Å²) in [6, 6.07) is 8.19. The van der Waals surface area contributed by atoms with Crippen LogP contribution in [0.1, 0.15) is 17.2 Å². The van der Waals surface area contributed by atoms with E-state index in [2.05, 4.69) is 12.1 Å². The Hall–Kier alpha value is -1.55. The van der Waals surface area contributed by atoms with Crippen LogP contribution in [0.2, 0.25) is 0 Å². The van der Waals surface area contributed by atoms with Gasteiger partial charge in [0.1, 0.15) is 6.10 Å². The van der Waals surface area contributed by atoms with Gasteiger partial charge in [-0.3, -0.25) is 0 Å². The first-order valence-electron chi connectivity index (χ1n) is 5.72. The van der Waals surface area contributed by atoms with E-state index in [1.54, 1.807) is 4.90 Å². The van der Waals surface area contributed by atoms with Crippen LogP contribution in [-0.4, -0.2) is 37.8 Å². The lowest BCUT2D eigenvalue weighted by molar-refractivity contribution is -0.0258. The maximum Gasteiger partial charge on any atom is 0.409 e. The van der Waals surface area contributed by atoms with Gasteiger partial charge >= 0.3 is 6.09 Å². The predicted octanol–water partition coefficient (Wildman–Crippen LogP) is 2.13. The number of hydrogen-bond acceptors (Lipinski definition) is 3. The topological polar surface area (TPSA) is 38.8 Å². The number of rotatable bonds is 1. The second kappa shape index (κ2) is 5.19. The van der Waals surface area contributed by atoms with Crippen molar-refractivity contribution in [2.75, 3.05) is 26.8 Å². The monoisotopic (exact) mass is 235 g/mol. The van der Waals surface area contributed by atoms with Crippen LogP contribution in [-0.2, 0) is 9.47 Å². The van der Waals surface area contributed by atoms with Crippen molar-refractivity contribution in [2.45, 2.75) is 13.0 Å². The van der Waals surface area contributed by atoms with Gasteiger partial charge in [0.05, 0.1) is 20.3 Å². The molecule has 4 nitrogen and oxygen atoms in total. The van der Waals surface area contributed by atoms with E-state index in [1.807, 2.05) is 19.1 Å². The molecule has 2 rings (SSSR count). The van der Waals surface area contributed by atoms with Gasteiger partial charge in [-0.05, 0) is 12.5 Å². The smallest absolute Gasteiger partial charge is 0.409 e. The molecule has 0 radical (unpaired) electrons. The van der Waals surface area contributed by atoms with Crippen LogP contribution in [0.5, 0.6) is 0 Å². The van der Waals surface area contributed by atoms with Gasteiger partial charge in [0.2, 0.25) is 0 Å². The summed E-state index contributed by atoms with van der Waals surface area (Å²) in [6.07, 6.45) is -0.339. The van der Waals surface area contributed by atoms with Crippen molar-refractivity contribution in [3.63, 3.8) is 0 Å². The van der Waals surface area contributed by atoms with Gasteiger partial charge in [0.15, 0.2) is 0 Å². The Morgan fingerprint density at radius 1 is 1.41 bits per heavy atom. The average Bonchev–Trinajstić information content (AvgIpc) is 2.39. The van der Waals surface area contributed by atoms with Crippen molar-refractivity contribution < 1.29 is 14.3 Å². The van der Waals surface area contributed by atoms with Crippen molar-refractivity contribution in [1.29, 1.82) is 0 Å². The molecule has 1 aliphatic heterocycles. The van der Waals surface area contributed by atoms with Gasteiger partial charge in [-0.1, -0.05) is 29.8 Å². The van der Waals surface area contributed by atoms with Gasteiger partial charge in [-0.15, -0.1) is 0 Å². The van der Waals surface area contributed by atoms with Gasteiger partial charge < -0.3 is 14.4 Å². The highest BCUT2D eigenvalue weighted by molar-refractivity contribution is 5.67. The summed E-state index contributed by atoms with van der Waals surface area (Å²) in [6.45, 7) is 3.74. The van der Waals surface area contributed by atoms with E-state index in [4.69, 9.17) is 9.47 Å². The maximum atomic E-state index is 11.4. The molecule has 0 spiro atoms. The summed E-state index contributed by atoms with van der Waals surface area (Å²) in [7, 11) is 1.40. The van der Waals surface area contributed by atoms with Crippen molar-refractivity contribution in [3.05, 3.63) is 35.4 Å². The number of carbonyl (C=O) groups is 1. The van der Waals surface area contributed by atoms with Crippen LogP contribution >= 0.6 is 0 Å². The third kappa shape index (κ3) is 2.77. The quantitative estimate of drug-likeness (QED) is 0.748. The second-order valence-electron chi connectivity index (χ2n) is 4.19. The number of amides is 1. The number of benzene rings is 1. The van der Waals surface area contributed by atoms with Crippen LogP contribution in [0.4, 0.5) is 4.79 Å². The molecule has 1 aliphatic rings. The molecule has 4 heteroatoms. The van der Waals surface area contributed by atoms with Crippen molar-refractivity contribution in [3.8, 4) is 0 Å². The number of carbonyl (C=O) groups excluding carboxylic acids is 1. The van der Waals surface area contributed by atoms with E-state index in [0.717, 1.165) is 5.56 Å². The van der Waals surface area contributed by atoms with Crippen LogP contribution in [0.3, 0.4) is 0 Å². The molecule has 1 saturated heterocycles. The number of morpholine rings is 1. The zero-order valence-corrected chi connectivity index (χ0v) is 10.2. The highest BCUT2D eigenvalue weighted by atomic mass is 16.5. The molecule has 1 heterocycles. The molecule has 17 heavy (non-hydrogen) atoms. The number of hydrogen-bond donors (Lipinski definition) is 0. The van der Waals surface area contributed by atoms with Crippen LogP contribution in [0.25, 0.3) is 0 Å². The van der Waals surface area contributed by atoms with Gasteiger partial charge in [-0.2, -0.15) is 0 Å². The summed E-state index contributed by atoms with van der Waals surface area (Å²) in [5.74, 6) is 0. The third-order valence-corrected chi connectivity index (χ3v) is 2.95. The Morgan fingerprint density at radius 3 is 2.76 bits per heavy atom. The van der Waals surface area contributed by atoms with Gasteiger partial charge in [-0.25, -0.2) is 4.79 Å². The molecule has 0 aromatic heterocycles. The van der Waals surface area contributed by atoms with Crippen molar-refractivity contribution >= 4 is 6.09 Å². The maximum absolute atomic E-state index is 11.4. The molecule has 0 saturated carbocycles.